The van der Waals surface area contributed by atoms with Crippen LogP contribution in [0.15, 0.2) is 53.4 Å². The predicted octanol–water partition coefficient (Wildman–Crippen LogP) is 1.63. The Kier molecular flexibility index (Phi) is 6.28. The highest BCUT2D eigenvalue weighted by Crippen LogP contribution is 2.26. The van der Waals surface area contributed by atoms with Gasteiger partial charge in [0.15, 0.2) is 19.7 Å². The quantitative estimate of drug-likeness (QED) is 0.706. The Hall–Kier alpha value is -2.39. The summed E-state index contributed by atoms with van der Waals surface area (Å²) < 4.78 is 53.8. The van der Waals surface area contributed by atoms with Crippen LogP contribution < -0.4 is 10.1 Å². The molecule has 0 radical (unpaired) electrons. The van der Waals surface area contributed by atoms with Crippen molar-refractivity contribution in [2.24, 2.45) is 0 Å². The Labute approximate surface area is 170 Å². The van der Waals surface area contributed by atoms with Crippen molar-refractivity contribution in [1.29, 1.82) is 0 Å². The second kappa shape index (κ2) is 8.54. The van der Waals surface area contributed by atoms with Gasteiger partial charge >= 0.3 is 0 Å². The van der Waals surface area contributed by atoms with Crippen LogP contribution in [0.2, 0.25) is 0 Å². The summed E-state index contributed by atoms with van der Waals surface area (Å²) in [7, 11) is -5.54. The average Bonchev–Trinajstić information content (AvgIpc) is 3.09. The monoisotopic (exact) mass is 437 g/mol. The number of methoxy groups -OCH3 is 1. The number of rotatable bonds is 7. The first-order valence-electron chi connectivity index (χ1n) is 9.17. The van der Waals surface area contributed by atoms with Gasteiger partial charge < -0.3 is 10.1 Å². The zero-order valence-corrected chi connectivity index (χ0v) is 17.6. The number of nitrogens with one attached hydrogen (secondary N) is 1. The number of amides is 1. The average molecular weight is 438 g/mol. The molecule has 7 nitrogen and oxygen atoms in total. The van der Waals surface area contributed by atoms with Crippen molar-refractivity contribution in [3.05, 3.63) is 59.7 Å². The van der Waals surface area contributed by atoms with E-state index in [2.05, 4.69) is 5.32 Å². The zero-order chi connectivity index (χ0) is 21.1. The number of carbonyl (C=O) groups excluding carboxylic acids is 1. The molecule has 0 bridgehead atoms. The third-order valence-corrected chi connectivity index (χ3v) is 9.08. The van der Waals surface area contributed by atoms with Crippen molar-refractivity contribution in [3.8, 4) is 5.75 Å². The van der Waals surface area contributed by atoms with Crippen LogP contribution in [-0.4, -0.2) is 53.2 Å². The molecule has 1 aliphatic rings. The summed E-state index contributed by atoms with van der Waals surface area (Å²) in [4.78, 5) is 12.4. The van der Waals surface area contributed by atoms with E-state index >= 15 is 0 Å². The fourth-order valence-electron chi connectivity index (χ4n) is 3.23. The lowest BCUT2D eigenvalue weighted by atomic mass is 10.1. The first kappa shape index (κ1) is 21.3. The fraction of sp³-hybridized carbons (Fsp3) is 0.350. The normalized spacial score (nSPS) is 18.3. The van der Waals surface area contributed by atoms with Crippen molar-refractivity contribution in [3.63, 3.8) is 0 Å². The Balaban J connectivity index is 1.64. The maximum absolute atomic E-state index is 12.7. The highest BCUT2D eigenvalue weighted by atomic mass is 32.2. The third-order valence-electron chi connectivity index (χ3n) is 4.91. The van der Waals surface area contributed by atoms with Crippen LogP contribution in [0.3, 0.4) is 0 Å². The SMILES string of the molecule is COc1ccc(CCNC(=O)c2cccc(S(=O)(=O)[C@H]3CCS(=O)(=O)C3)c2)cc1. The van der Waals surface area contributed by atoms with E-state index in [-0.39, 0.29) is 34.3 Å². The topological polar surface area (TPSA) is 107 Å². The van der Waals surface area contributed by atoms with E-state index in [1.807, 2.05) is 24.3 Å². The standard InChI is InChI=1S/C20H23NO6S2/c1-27-17-7-5-15(6-8-17)9-11-21-20(22)16-3-2-4-18(13-16)29(25,26)19-10-12-28(23,24)14-19/h2-8,13,19H,9-12,14H2,1H3,(H,21,22)/t19-/m0/s1. The van der Waals surface area contributed by atoms with Crippen LogP contribution in [-0.2, 0) is 26.1 Å². The number of hydrogen-bond donors (Lipinski definition) is 1. The summed E-state index contributed by atoms with van der Waals surface area (Å²) in [6, 6.07) is 13.2. The lowest BCUT2D eigenvalue weighted by Gasteiger charge is -2.11. The smallest absolute Gasteiger partial charge is 0.251 e. The number of sulfone groups is 2. The molecule has 156 valence electrons. The van der Waals surface area contributed by atoms with Crippen LogP contribution >= 0.6 is 0 Å². The van der Waals surface area contributed by atoms with Gasteiger partial charge in [-0.3, -0.25) is 4.79 Å². The summed E-state index contributed by atoms with van der Waals surface area (Å²) in [6.45, 7) is 0.392. The van der Waals surface area contributed by atoms with E-state index in [0.29, 0.717) is 13.0 Å². The van der Waals surface area contributed by atoms with Crippen molar-refractivity contribution < 1.29 is 26.4 Å². The second-order valence-electron chi connectivity index (χ2n) is 6.95. The number of carbonyl (C=O) groups is 1. The number of ether oxygens (including phenoxy) is 1. The fourth-order valence-corrected chi connectivity index (χ4v) is 7.63. The minimum absolute atomic E-state index is 0.0256. The molecule has 1 atom stereocenters. The third kappa shape index (κ3) is 5.16. The van der Waals surface area contributed by atoms with E-state index in [9.17, 15) is 21.6 Å². The molecule has 1 amide bonds. The lowest BCUT2D eigenvalue weighted by Crippen LogP contribution is -2.26. The molecule has 1 N–H and O–H groups in total. The molecule has 9 heteroatoms. The maximum Gasteiger partial charge on any atom is 0.251 e. The highest BCUT2D eigenvalue weighted by molar-refractivity contribution is 7.96. The minimum Gasteiger partial charge on any atom is -0.497 e. The summed E-state index contributed by atoms with van der Waals surface area (Å²) in [5.41, 5.74) is 1.26. The summed E-state index contributed by atoms with van der Waals surface area (Å²) >= 11 is 0. The maximum atomic E-state index is 12.7. The molecule has 1 heterocycles. The molecule has 1 aliphatic heterocycles. The van der Waals surface area contributed by atoms with E-state index in [4.69, 9.17) is 4.74 Å². The van der Waals surface area contributed by atoms with E-state index in [1.54, 1.807) is 7.11 Å². The lowest BCUT2D eigenvalue weighted by molar-refractivity contribution is 0.0954. The van der Waals surface area contributed by atoms with Crippen LogP contribution in [0, 0.1) is 0 Å². The van der Waals surface area contributed by atoms with Crippen molar-refractivity contribution in [2.75, 3.05) is 25.2 Å². The second-order valence-corrected chi connectivity index (χ2v) is 11.4. The largest absolute Gasteiger partial charge is 0.497 e. The van der Waals surface area contributed by atoms with Gasteiger partial charge in [-0.05, 0) is 48.7 Å². The summed E-state index contributed by atoms with van der Waals surface area (Å²) in [5.74, 6) is -0.115. The Morgan fingerprint density at radius 3 is 2.52 bits per heavy atom. The van der Waals surface area contributed by atoms with Gasteiger partial charge in [0.2, 0.25) is 0 Å². The zero-order valence-electron chi connectivity index (χ0n) is 16.0. The Bertz CT molecular complexity index is 1090. The molecule has 2 aromatic rings. The summed E-state index contributed by atoms with van der Waals surface area (Å²) in [5, 5.41) is 1.82. The van der Waals surface area contributed by atoms with Crippen molar-refractivity contribution >= 4 is 25.6 Å². The van der Waals surface area contributed by atoms with E-state index in [0.717, 1.165) is 11.3 Å². The van der Waals surface area contributed by atoms with Gasteiger partial charge in [-0.15, -0.1) is 0 Å². The van der Waals surface area contributed by atoms with Gasteiger partial charge in [0, 0.05) is 12.1 Å². The van der Waals surface area contributed by atoms with Gasteiger partial charge in [0.1, 0.15) is 5.75 Å². The molecule has 0 saturated carbocycles. The molecular weight excluding hydrogens is 414 g/mol. The van der Waals surface area contributed by atoms with E-state index < -0.39 is 24.9 Å². The molecule has 3 rings (SSSR count). The molecule has 1 saturated heterocycles. The first-order chi connectivity index (χ1) is 13.7. The molecule has 0 aromatic heterocycles. The molecule has 0 spiro atoms. The van der Waals surface area contributed by atoms with Gasteiger partial charge in [-0.1, -0.05) is 18.2 Å². The predicted molar refractivity (Wildman–Crippen MR) is 110 cm³/mol. The van der Waals surface area contributed by atoms with Crippen LogP contribution in [0.1, 0.15) is 22.3 Å². The highest BCUT2D eigenvalue weighted by Gasteiger charge is 2.38. The number of benzene rings is 2. The molecule has 0 unspecified atom stereocenters. The van der Waals surface area contributed by atoms with Crippen molar-refractivity contribution in [1.82, 2.24) is 5.32 Å². The molecular formula is C20H23NO6S2. The molecule has 2 aromatic carbocycles. The Morgan fingerprint density at radius 2 is 1.90 bits per heavy atom. The van der Waals surface area contributed by atoms with Gasteiger partial charge in [-0.25, -0.2) is 16.8 Å². The van der Waals surface area contributed by atoms with E-state index in [1.165, 1.54) is 24.3 Å². The van der Waals surface area contributed by atoms with Gasteiger partial charge in [0.05, 0.1) is 28.8 Å². The van der Waals surface area contributed by atoms with Gasteiger partial charge in [0.25, 0.3) is 5.91 Å². The van der Waals surface area contributed by atoms with Crippen LogP contribution in [0.25, 0.3) is 0 Å². The molecule has 1 fully saturated rings. The molecule has 0 aliphatic carbocycles. The number of hydrogen-bond acceptors (Lipinski definition) is 6. The Morgan fingerprint density at radius 1 is 1.17 bits per heavy atom. The van der Waals surface area contributed by atoms with Crippen LogP contribution in [0.4, 0.5) is 0 Å². The van der Waals surface area contributed by atoms with Crippen molar-refractivity contribution in [2.45, 2.75) is 23.0 Å². The first-order valence-corrected chi connectivity index (χ1v) is 12.5. The molecule has 29 heavy (non-hydrogen) atoms. The summed E-state index contributed by atoms with van der Waals surface area (Å²) in [6.07, 6.45) is 0.705. The van der Waals surface area contributed by atoms with Crippen LogP contribution in [0.5, 0.6) is 5.75 Å². The van der Waals surface area contributed by atoms with Gasteiger partial charge in [-0.2, -0.15) is 0 Å². The minimum atomic E-state index is -3.81.